The molecule has 0 saturated carbocycles. The van der Waals surface area contributed by atoms with Gasteiger partial charge in [-0.2, -0.15) is 5.10 Å². The van der Waals surface area contributed by atoms with Crippen LogP contribution >= 0.6 is 0 Å². The fourth-order valence-corrected chi connectivity index (χ4v) is 6.09. The number of aromatic nitrogens is 3. The Hall–Kier alpha value is -2.65. The third-order valence-corrected chi connectivity index (χ3v) is 8.14. The van der Waals surface area contributed by atoms with Crippen molar-refractivity contribution in [1.82, 2.24) is 15.2 Å². The topological polar surface area (TPSA) is 106 Å². The number of aryl methyl sites for hydroxylation is 1. The standard InChI is InChI=1S/C22H28N4O4S/c1-13-14(2)25-26-21(13)24-17-6-8-23-18-11-19(29-5)20(10-16(17)18)31(27,28)15-7-9-30-22(3,4)12-15/h6,8,10-11,15H,7,9,12H2,1-5H3,(H2,23,24,25,26). The number of sulfone groups is 1. The van der Waals surface area contributed by atoms with Gasteiger partial charge in [-0.25, -0.2) is 8.42 Å². The van der Waals surface area contributed by atoms with E-state index < -0.39 is 20.7 Å². The minimum absolute atomic E-state index is 0.177. The molecule has 4 rings (SSSR count). The molecular formula is C22H28N4O4S. The van der Waals surface area contributed by atoms with Gasteiger partial charge in [-0.15, -0.1) is 0 Å². The minimum atomic E-state index is -3.64. The molecule has 9 heteroatoms. The lowest BCUT2D eigenvalue weighted by atomic mass is 9.98. The highest BCUT2D eigenvalue weighted by atomic mass is 32.2. The average Bonchev–Trinajstić information content (AvgIpc) is 3.04. The number of nitrogens with zero attached hydrogens (tertiary/aromatic N) is 2. The monoisotopic (exact) mass is 444 g/mol. The van der Waals surface area contributed by atoms with Gasteiger partial charge in [0, 0.05) is 35.5 Å². The van der Waals surface area contributed by atoms with Gasteiger partial charge in [0.2, 0.25) is 0 Å². The van der Waals surface area contributed by atoms with E-state index in [4.69, 9.17) is 9.47 Å². The molecule has 1 atom stereocenters. The van der Waals surface area contributed by atoms with E-state index in [9.17, 15) is 8.42 Å². The van der Waals surface area contributed by atoms with Crippen LogP contribution in [0, 0.1) is 13.8 Å². The maximum absolute atomic E-state index is 13.6. The molecule has 0 radical (unpaired) electrons. The van der Waals surface area contributed by atoms with Crippen LogP contribution in [0.25, 0.3) is 10.9 Å². The SMILES string of the molecule is COc1cc2nccc(Nc3n[nH]c(C)c3C)c2cc1S(=O)(=O)C1CCOC(C)(C)C1. The number of pyridine rings is 1. The van der Waals surface area contributed by atoms with E-state index in [0.29, 0.717) is 41.9 Å². The van der Waals surface area contributed by atoms with Gasteiger partial charge in [-0.05, 0) is 52.7 Å². The predicted octanol–water partition coefficient (Wildman–Crippen LogP) is 4.06. The van der Waals surface area contributed by atoms with Crippen LogP contribution in [-0.2, 0) is 14.6 Å². The maximum atomic E-state index is 13.6. The third kappa shape index (κ3) is 3.99. The Balaban J connectivity index is 1.82. The molecule has 1 aromatic carbocycles. The van der Waals surface area contributed by atoms with Crippen molar-refractivity contribution in [3.63, 3.8) is 0 Å². The largest absolute Gasteiger partial charge is 0.495 e. The summed E-state index contributed by atoms with van der Waals surface area (Å²) in [6.07, 6.45) is 2.56. The molecule has 31 heavy (non-hydrogen) atoms. The van der Waals surface area contributed by atoms with Crippen LogP contribution in [0.4, 0.5) is 11.5 Å². The van der Waals surface area contributed by atoms with Crippen molar-refractivity contribution >= 4 is 32.2 Å². The van der Waals surface area contributed by atoms with Crippen LogP contribution < -0.4 is 10.1 Å². The summed E-state index contributed by atoms with van der Waals surface area (Å²) in [4.78, 5) is 4.59. The zero-order valence-corrected chi connectivity index (χ0v) is 19.3. The number of rotatable bonds is 5. The fourth-order valence-electron chi connectivity index (χ4n) is 4.00. The molecule has 1 aliphatic rings. The average molecular weight is 445 g/mol. The molecule has 0 amide bonds. The second kappa shape index (κ2) is 7.80. The highest BCUT2D eigenvalue weighted by Gasteiger charge is 2.38. The van der Waals surface area contributed by atoms with Crippen molar-refractivity contribution in [3.8, 4) is 5.75 Å². The van der Waals surface area contributed by atoms with E-state index in [1.54, 1.807) is 18.3 Å². The molecule has 1 saturated heterocycles. The van der Waals surface area contributed by atoms with Gasteiger partial charge in [0.15, 0.2) is 15.7 Å². The smallest absolute Gasteiger partial charge is 0.185 e. The molecule has 2 aromatic heterocycles. The first-order valence-electron chi connectivity index (χ1n) is 10.3. The van der Waals surface area contributed by atoms with Crippen molar-refractivity contribution in [2.24, 2.45) is 0 Å². The highest BCUT2D eigenvalue weighted by Crippen LogP contribution is 2.38. The molecule has 1 aliphatic heterocycles. The minimum Gasteiger partial charge on any atom is -0.495 e. The third-order valence-electron chi connectivity index (χ3n) is 5.93. The number of methoxy groups -OCH3 is 1. The molecule has 3 heterocycles. The highest BCUT2D eigenvalue weighted by molar-refractivity contribution is 7.92. The lowest BCUT2D eigenvalue weighted by molar-refractivity contribution is -0.0495. The first-order chi connectivity index (χ1) is 14.6. The van der Waals surface area contributed by atoms with Gasteiger partial charge in [0.1, 0.15) is 10.6 Å². The zero-order valence-electron chi connectivity index (χ0n) is 18.4. The second-order valence-corrected chi connectivity index (χ2v) is 10.8. The molecule has 1 unspecified atom stereocenters. The Morgan fingerprint density at radius 2 is 2.06 bits per heavy atom. The lowest BCUT2D eigenvalue weighted by Gasteiger charge is -2.35. The number of H-pyrrole nitrogens is 1. The van der Waals surface area contributed by atoms with Crippen molar-refractivity contribution in [3.05, 3.63) is 35.7 Å². The van der Waals surface area contributed by atoms with Crippen LogP contribution in [0.15, 0.2) is 29.3 Å². The van der Waals surface area contributed by atoms with E-state index in [-0.39, 0.29) is 4.90 Å². The maximum Gasteiger partial charge on any atom is 0.185 e. The van der Waals surface area contributed by atoms with Crippen LogP contribution in [0.5, 0.6) is 5.75 Å². The van der Waals surface area contributed by atoms with Gasteiger partial charge in [-0.1, -0.05) is 0 Å². The van der Waals surface area contributed by atoms with Gasteiger partial charge in [0.25, 0.3) is 0 Å². The number of aromatic amines is 1. The molecule has 0 bridgehead atoms. The number of ether oxygens (including phenoxy) is 2. The van der Waals surface area contributed by atoms with E-state index >= 15 is 0 Å². The summed E-state index contributed by atoms with van der Waals surface area (Å²) in [5.41, 5.74) is 2.84. The van der Waals surface area contributed by atoms with Gasteiger partial charge in [0.05, 0.1) is 29.2 Å². The quantitative estimate of drug-likeness (QED) is 0.611. The summed E-state index contributed by atoms with van der Waals surface area (Å²) in [7, 11) is -2.17. The first-order valence-corrected chi connectivity index (χ1v) is 11.8. The molecule has 8 nitrogen and oxygen atoms in total. The summed E-state index contributed by atoms with van der Waals surface area (Å²) in [6, 6.07) is 5.16. The molecule has 2 N–H and O–H groups in total. The van der Waals surface area contributed by atoms with Gasteiger partial charge < -0.3 is 14.8 Å². The summed E-state index contributed by atoms with van der Waals surface area (Å²) in [5.74, 6) is 0.990. The molecule has 0 aliphatic carbocycles. The van der Waals surface area contributed by atoms with Crippen molar-refractivity contribution in [2.75, 3.05) is 19.0 Å². The number of fused-ring (bicyclic) bond motifs is 1. The van der Waals surface area contributed by atoms with E-state index in [2.05, 4.69) is 20.5 Å². The van der Waals surface area contributed by atoms with Crippen LogP contribution in [0.3, 0.4) is 0 Å². The normalized spacial score (nSPS) is 18.8. The summed E-state index contributed by atoms with van der Waals surface area (Å²) in [5, 5.41) is 10.7. The first kappa shape index (κ1) is 21.6. The molecule has 3 aromatic rings. The Morgan fingerprint density at radius 1 is 1.29 bits per heavy atom. The van der Waals surface area contributed by atoms with Crippen LogP contribution in [0.2, 0.25) is 0 Å². The van der Waals surface area contributed by atoms with Gasteiger partial charge >= 0.3 is 0 Å². The Bertz CT molecular complexity index is 1230. The second-order valence-electron chi connectivity index (χ2n) is 8.59. The number of hydrogen-bond donors (Lipinski definition) is 2. The fraction of sp³-hybridized carbons (Fsp3) is 0.455. The van der Waals surface area contributed by atoms with E-state index in [0.717, 1.165) is 16.9 Å². The van der Waals surface area contributed by atoms with Gasteiger partial charge in [-0.3, -0.25) is 10.1 Å². The van der Waals surface area contributed by atoms with Crippen molar-refractivity contribution in [1.29, 1.82) is 0 Å². The Morgan fingerprint density at radius 3 is 2.71 bits per heavy atom. The number of benzene rings is 1. The summed E-state index contributed by atoms with van der Waals surface area (Å²) < 4.78 is 38.5. The van der Waals surface area contributed by atoms with Crippen LogP contribution in [0.1, 0.15) is 37.9 Å². The lowest BCUT2D eigenvalue weighted by Crippen LogP contribution is -2.40. The van der Waals surface area contributed by atoms with Crippen molar-refractivity contribution < 1.29 is 17.9 Å². The number of hydrogen-bond acceptors (Lipinski definition) is 7. The number of nitrogens with one attached hydrogen (secondary N) is 2. The summed E-state index contributed by atoms with van der Waals surface area (Å²) >= 11 is 0. The molecular weight excluding hydrogens is 416 g/mol. The molecule has 1 fully saturated rings. The Labute approximate surface area is 182 Å². The van der Waals surface area contributed by atoms with E-state index in [1.165, 1.54) is 7.11 Å². The Kier molecular flexibility index (Phi) is 5.43. The van der Waals surface area contributed by atoms with Crippen molar-refractivity contribution in [2.45, 2.75) is 56.3 Å². The predicted molar refractivity (Wildman–Crippen MR) is 120 cm³/mol. The van der Waals surface area contributed by atoms with Crippen LogP contribution in [-0.4, -0.2) is 48.2 Å². The molecule has 0 spiro atoms. The number of anilines is 2. The summed E-state index contributed by atoms with van der Waals surface area (Å²) in [6.45, 7) is 8.18. The van der Waals surface area contributed by atoms with E-state index in [1.807, 2.05) is 33.8 Å². The zero-order chi connectivity index (χ0) is 22.4. The molecule has 166 valence electrons.